The van der Waals surface area contributed by atoms with E-state index in [1.54, 1.807) is 0 Å². The molecule has 0 N–H and O–H groups in total. The molecule has 2 heteroatoms. The van der Waals surface area contributed by atoms with Crippen molar-refractivity contribution >= 4 is 0 Å². The standard InChI is InChI=1S/C9H14O2/c1-9-4-6(7-5-10-7)2-3-8(9)11-9/h6-8H,2-5H2,1H3. The van der Waals surface area contributed by atoms with Gasteiger partial charge in [-0.3, -0.25) is 0 Å². The molecule has 3 fully saturated rings. The monoisotopic (exact) mass is 154 g/mol. The van der Waals surface area contributed by atoms with Crippen LogP contribution in [-0.2, 0) is 9.47 Å². The lowest BCUT2D eigenvalue weighted by Gasteiger charge is -2.21. The second kappa shape index (κ2) is 1.80. The minimum absolute atomic E-state index is 0.259. The molecule has 0 aromatic rings. The number of ether oxygens (including phenoxy) is 2. The molecule has 0 aromatic carbocycles. The van der Waals surface area contributed by atoms with Crippen LogP contribution in [0.5, 0.6) is 0 Å². The molecular weight excluding hydrogens is 140 g/mol. The predicted octanol–water partition coefficient (Wildman–Crippen LogP) is 1.34. The molecule has 0 spiro atoms. The number of epoxide rings is 2. The van der Waals surface area contributed by atoms with Gasteiger partial charge in [-0.2, -0.15) is 0 Å². The van der Waals surface area contributed by atoms with Gasteiger partial charge < -0.3 is 9.47 Å². The lowest BCUT2D eigenvalue weighted by molar-refractivity contribution is 0.234. The zero-order valence-corrected chi connectivity index (χ0v) is 6.88. The van der Waals surface area contributed by atoms with Gasteiger partial charge in [-0.15, -0.1) is 0 Å². The molecule has 3 rings (SSSR count). The van der Waals surface area contributed by atoms with Crippen molar-refractivity contribution in [3.63, 3.8) is 0 Å². The van der Waals surface area contributed by atoms with E-state index in [0.717, 1.165) is 12.5 Å². The Balaban J connectivity index is 1.70. The van der Waals surface area contributed by atoms with Crippen LogP contribution in [0.4, 0.5) is 0 Å². The van der Waals surface area contributed by atoms with Crippen molar-refractivity contribution in [3.8, 4) is 0 Å². The molecule has 0 aromatic heterocycles. The van der Waals surface area contributed by atoms with Gasteiger partial charge in [0, 0.05) is 0 Å². The summed E-state index contributed by atoms with van der Waals surface area (Å²) in [5.41, 5.74) is 0.259. The van der Waals surface area contributed by atoms with E-state index < -0.39 is 0 Å². The molecule has 0 amide bonds. The van der Waals surface area contributed by atoms with Gasteiger partial charge >= 0.3 is 0 Å². The SMILES string of the molecule is CC12CC(C3CO3)CCC1O2. The molecule has 11 heavy (non-hydrogen) atoms. The summed E-state index contributed by atoms with van der Waals surface area (Å²) in [6.07, 6.45) is 5.02. The number of fused-ring (bicyclic) bond motifs is 1. The average molecular weight is 154 g/mol. The van der Waals surface area contributed by atoms with Crippen molar-refractivity contribution in [3.05, 3.63) is 0 Å². The summed E-state index contributed by atoms with van der Waals surface area (Å²) in [4.78, 5) is 0. The highest BCUT2D eigenvalue weighted by Crippen LogP contribution is 2.51. The Kier molecular flexibility index (Phi) is 1.06. The maximum atomic E-state index is 5.62. The van der Waals surface area contributed by atoms with E-state index in [9.17, 15) is 0 Å². The highest BCUT2D eigenvalue weighted by molar-refractivity contribution is 5.05. The summed E-state index contributed by atoms with van der Waals surface area (Å²) in [5, 5.41) is 0. The van der Waals surface area contributed by atoms with Crippen LogP contribution in [0.15, 0.2) is 0 Å². The first-order valence-electron chi connectivity index (χ1n) is 4.57. The maximum absolute atomic E-state index is 5.62. The third-order valence-electron chi connectivity index (χ3n) is 3.39. The summed E-state index contributed by atoms with van der Waals surface area (Å²) in [6, 6.07) is 0. The molecule has 0 radical (unpaired) electrons. The molecule has 1 aliphatic carbocycles. The summed E-state index contributed by atoms with van der Waals surface area (Å²) >= 11 is 0. The van der Waals surface area contributed by atoms with Gasteiger partial charge in [0.1, 0.15) is 0 Å². The van der Waals surface area contributed by atoms with Crippen LogP contribution in [0.2, 0.25) is 0 Å². The molecule has 2 nitrogen and oxygen atoms in total. The molecule has 2 heterocycles. The molecule has 2 aliphatic heterocycles. The normalized spacial score (nSPS) is 60.3. The van der Waals surface area contributed by atoms with E-state index >= 15 is 0 Å². The highest BCUT2D eigenvalue weighted by atomic mass is 16.6. The molecule has 4 atom stereocenters. The van der Waals surface area contributed by atoms with Gasteiger partial charge in [-0.25, -0.2) is 0 Å². The zero-order valence-electron chi connectivity index (χ0n) is 6.88. The summed E-state index contributed by atoms with van der Waals surface area (Å²) in [6.45, 7) is 3.25. The van der Waals surface area contributed by atoms with Gasteiger partial charge in [0.15, 0.2) is 0 Å². The van der Waals surface area contributed by atoms with Crippen LogP contribution in [0.1, 0.15) is 26.2 Å². The lowest BCUT2D eigenvalue weighted by Crippen LogP contribution is -2.25. The molecule has 1 saturated carbocycles. The summed E-state index contributed by atoms with van der Waals surface area (Å²) in [7, 11) is 0. The molecule has 4 unspecified atom stereocenters. The predicted molar refractivity (Wildman–Crippen MR) is 40.4 cm³/mol. The smallest absolute Gasteiger partial charge is 0.0924 e. The van der Waals surface area contributed by atoms with Crippen molar-refractivity contribution in [1.29, 1.82) is 0 Å². The third kappa shape index (κ3) is 0.926. The zero-order chi connectivity index (χ0) is 7.47. The second-order valence-corrected chi connectivity index (χ2v) is 4.33. The minimum Gasteiger partial charge on any atom is -0.373 e. The van der Waals surface area contributed by atoms with Gasteiger partial charge in [0.25, 0.3) is 0 Å². The van der Waals surface area contributed by atoms with Crippen molar-refractivity contribution in [2.24, 2.45) is 5.92 Å². The first-order valence-corrected chi connectivity index (χ1v) is 4.57. The van der Waals surface area contributed by atoms with E-state index in [1.165, 1.54) is 19.3 Å². The molecule has 2 saturated heterocycles. The number of rotatable bonds is 1. The van der Waals surface area contributed by atoms with Crippen LogP contribution in [0, 0.1) is 5.92 Å². The largest absolute Gasteiger partial charge is 0.373 e. The van der Waals surface area contributed by atoms with E-state index in [4.69, 9.17) is 9.47 Å². The first-order chi connectivity index (χ1) is 5.28. The third-order valence-corrected chi connectivity index (χ3v) is 3.39. The van der Waals surface area contributed by atoms with Crippen LogP contribution < -0.4 is 0 Å². The Morgan fingerprint density at radius 2 is 2.18 bits per heavy atom. The Morgan fingerprint density at radius 3 is 2.82 bits per heavy atom. The number of hydrogen-bond donors (Lipinski definition) is 0. The van der Waals surface area contributed by atoms with E-state index in [2.05, 4.69) is 6.92 Å². The summed E-state index contributed by atoms with van der Waals surface area (Å²) < 4.78 is 10.9. The van der Waals surface area contributed by atoms with Crippen LogP contribution in [0.3, 0.4) is 0 Å². The van der Waals surface area contributed by atoms with E-state index in [1.807, 2.05) is 0 Å². The average Bonchev–Trinajstić information content (AvgIpc) is 2.79. The highest BCUT2D eigenvalue weighted by Gasteiger charge is 2.57. The van der Waals surface area contributed by atoms with Crippen LogP contribution >= 0.6 is 0 Å². The fourth-order valence-corrected chi connectivity index (χ4v) is 2.47. The molecular formula is C9H14O2. The van der Waals surface area contributed by atoms with Crippen molar-refractivity contribution in [2.45, 2.75) is 44.0 Å². The Bertz CT molecular complexity index is 188. The Morgan fingerprint density at radius 1 is 1.36 bits per heavy atom. The first kappa shape index (κ1) is 6.44. The molecule has 62 valence electrons. The molecule has 3 aliphatic rings. The second-order valence-electron chi connectivity index (χ2n) is 4.33. The van der Waals surface area contributed by atoms with E-state index in [-0.39, 0.29) is 5.60 Å². The maximum Gasteiger partial charge on any atom is 0.0924 e. The minimum atomic E-state index is 0.259. The quantitative estimate of drug-likeness (QED) is 0.532. The van der Waals surface area contributed by atoms with Crippen LogP contribution in [-0.4, -0.2) is 24.4 Å². The lowest BCUT2D eigenvalue weighted by atomic mass is 9.81. The summed E-state index contributed by atoms with van der Waals surface area (Å²) in [5.74, 6) is 0.804. The number of hydrogen-bond acceptors (Lipinski definition) is 2. The Labute approximate surface area is 66.9 Å². The topological polar surface area (TPSA) is 25.1 Å². The van der Waals surface area contributed by atoms with Gasteiger partial charge in [-0.05, 0) is 32.1 Å². The van der Waals surface area contributed by atoms with Crippen molar-refractivity contribution < 1.29 is 9.47 Å². The fraction of sp³-hybridized carbons (Fsp3) is 1.00. The Hall–Kier alpha value is -0.0800. The van der Waals surface area contributed by atoms with Gasteiger partial charge in [0.05, 0.1) is 24.4 Å². The van der Waals surface area contributed by atoms with Gasteiger partial charge in [-0.1, -0.05) is 0 Å². The molecule has 0 bridgehead atoms. The van der Waals surface area contributed by atoms with Crippen molar-refractivity contribution in [2.75, 3.05) is 6.61 Å². The van der Waals surface area contributed by atoms with Gasteiger partial charge in [0.2, 0.25) is 0 Å². The van der Waals surface area contributed by atoms with Crippen molar-refractivity contribution in [1.82, 2.24) is 0 Å². The van der Waals surface area contributed by atoms with Crippen LogP contribution in [0.25, 0.3) is 0 Å². The fourth-order valence-electron chi connectivity index (χ4n) is 2.47. The van der Waals surface area contributed by atoms with E-state index in [0.29, 0.717) is 12.2 Å².